The van der Waals surface area contributed by atoms with Gasteiger partial charge in [0, 0.05) is 36.1 Å². The number of benzene rings is 1. The molecule has 3 rings (SSSR count). The van der Waals surface area contributed by atoms with E-state index in [0.29, 0.717) is 6.42 Å². The standard InChI is InChI=1S/C21H29N3O2S/c1-4-5-6-10-20(25)22-18-9-7-8-17(11-18)19-14-27-21(23-19)24-12-15(2)26-16(3)13-24/h7-9,11,14-16H,4-6,10,12-13H2,1-3H3,(H,22,25). The zero-order valence-corrected chi connectivity index (χ0v) is 17.2. The second kappa shape index (κ2) is 9.33. The van der Waals surface area contributed by atoms with Crippen LogP contribution < -0.4 is 10.2 Å². The van der Waals surface area contributed by atoms with Crippen molar-refractivity contribution in [3.05, 3.63) is 29.6 Å². The molecule has 0 radical (unpaired) electrons. The minimum Gasteiger partial charge on any atom is -0.372 e. The van der Waals surface area contributed by atoms with Gasteiger partial charge in [0.25, 0.3) is 0 Å². The number of nitrogens with zero attached hydrogens (tertiary/aromatic N) is 2. The van der Waals surface area contributed by atoms with E-state index in [1.54, 1.807) is 11.3 Å². The number of amides is 1. The number of hydrogen-bond acceptors (Lipinski definition) is 5. The maximum Gasteiger partial charge on any atom is 0.224 e. The predicted molar refractivity (Wildman–Crippen MR) is 113 cm³/mol. The van der Waals surface area contributed by atoms with Crippen molar-refractivity contribution in [2.24, 2.45) is 0 Å². The van der Waals surface area contributed by atoms with E-state index in [9.17, 15) is 4.79 Å². The highest BCUT2D eigenvalue weighted by atomic mass is 32.1. The first-order valence-corrected chi connectivity index (χ1v) is 10.7. The van der Waals surface area contributed by atoms with Gasteiger partial charge in [-0.25, -0.2) is 4.98 Å². The van der Waals surface area contributed by atoms with Gasteiger partial charge in [-0.15, -0.1) is 11.3 Å². The molecule has 0 aliphatic carbocycles. The van der Waals surface area contributed by atoms with Crippen molar-refractivity contribution in [1.29, 1.82) is 0 Å². The first-order chi connectivity index (χ1) is 13.0. The minimum absolute atomic E-state index is 0.0795. The Balaban J connectivity index is 1.67. The van der Waals surface area contributed by atoms with Gasteiger partial charge in [0.15, 0.2) is 5.13 Å². The van der Waals surface area contributed by atoms with Gasteiger partial charge in [-0.05, 0) is 32.4 Å². The van der Waals surface area contributed by atoms with E-state index in [1.807, 2.05) is 24.3 Å². The smallest absolute Gasteiger partial charge is 0.224 e. The van der Waals surface area contributed by atoms with E-state index in [-0.39, 0.29) is 18.1 Å². The van der Waals surface area contributed by atoms with E-state index < -0.39 is 0 Å². The van der Waals surface area contributed by atoms with E-state index >= 15 is 0 Å². The number of nitrogens with one attached hydrogen (secondary N) is 1. The maximum absolute atomic E-state index is 12.1. The summed E-state index contributed by atoms with van der Waals surface area (Å²) in [6.45, 7) is 8.08. The summed E-state index contributed by atoms with van der Waals surface area (Å²) < 4.78 is 5.81. The predicted octanol–water partition coefficient (Wildman–Crippen LogP) is 4.94. The van der Waals surface area contributed by atoms with E-state index in [2.05, 4.69) is 36.4 Å². The number of rotatable bonds is 7. The summed E-state index contributed by atoms with van der Waals surface area (Å²) in [4.78, 5) is 19.2. The Labute approximate surface area is 165 Å². The number of thiazole rings is 1. The third kappa shape index (κ3) is 5.53. The van der Waals surface area contributed by atoms with Crippen molar-refractivity contribution in [3.63, 3.8) is 0 Å². The van der Waals surface area contributed by atoms with Crippen LogP contribution in [0.4, 0.5) is 10.8 Å². The molecule has 0 saturated carbocycles. The van der Waals surface area contributed by atoms with Crippen LogP contribution in [0.1, 0.15) is 46.5 Å². The molecular formula is C21H29N3O2S. The summed E-state index contributed by atoms with van der Waals surface area (Å²) in [5.74, 6) is 0.0795. The lowest BCUT2D eigenvalue weighted by Gasteiger charge is -2.35. The summed E-state index contributed by atoms with van der Waals surface area (Å²) in [7, 11) is 0. The number of carbonyl (C=O) groups is 1. The highest BCUT2D eigenvalue weighted by Gasteiger charge is 2.24. The molecule has 2 unspecified atom stereocenters. The third-order valence-electron chi connectivity index (χ3n) is 4.63. The highest BCUT2D eigenvalue weighted by Crippen LogP contribution is 2.30. The number of ether oxygens (including phenoxy) is 1. The molecule has 146 valence electrons. The van der Waals surface area contributed by atoms with Gasteiger partial charge in [0.05, 0.1) is 17.9 Å². The van der Waals surface area contributed by atoms with Gasteiger partial charge >= 0.3 is 0 Å². The van der Waals surface area contributed by atoms with E-state index in [4.69, 9.17) is 9.72 Å². The van der Waals surface area contributed by atoms with Crippen LogP contribution in [-0.2, 0) is 9.53 Å². The molecule has 2 heterocycles. The molecule has 1 N–H and O–H groups in total. The minimum atomic E-state index is 0.0795. The Morgan fingerprint density at radius 2 is 2.07 bits per heavy atom. The average Bonchev–Trinajstić information content (AvgIpc) is 3.11. The molecule has 1 amide bonds. The van der Waals surface area contributed by atoms with Crippen LogP contribution in [-0.4, -0.2) is 36.2 Å². The zero-order valence-electron chi connectivity index (χ0n) is 16.4. The second-order valence-corrected chi connectivity index (χ2v) is 8.10. The van der Waals surface area contributed by atoms with Crippen LogP contribution in [0.15, 0.2) is 29.6 Å². The summed E-state index contributed by atoms with van der Waals surface area (Å²) in [6.07, 6.45) is 4.16. The molecule has 6 heteroatoms. The van der Waals surface area contributed by atoms with Gasteiger partial charge < -0.3 is 15.0 Å². The maximum atomic E-state index is 12.1. The van der Waals surface area contributed by atoms with Crippen molar-refractivity contribution in [2.45, 2.75) is 58.7 Å². The Morgan fingerprint density at radius 3 is 2.81 bits per heavy atom. The molecule has 1 saturated heterocycles. The van der Waals surface area contributed by atoms with Crippen LogP contribution in [0.25, 0.3) is 11.3 Å². The molecule has 5 nitrogen and oxygen atoms in total. The normalized spacial score (nSPS) is 19.9. The molecule has 27 heavy (non-hydrogen) atoms. The molecule has 2 atom stereocenters. The lowest BCUT2D eigenvalue weighted by molar-refractivity contribution is -0.116. The van der Waals surface area contributed by atoms with E-state index in [1.165, 1.54) is 0 Å². The van der Waals surface area contributed by atoms with Crippen molar-refractivity contribution in [2.75, 3.05) is 23.3 Å². The number of anilines is 2. The Morgan fingerprint density at radius 1 is 1.30 bits per heavy atom. The summed E-state index contributed by atoms with van der Waals surface area (Å²) in [5, 5.41) is 6.12. The SMILES string of the molecule is CCCCCC(=O)Nc1cccc(-c2csc(N3CC(C)OC(C)C3)n2)c1. The highest BCUT2D eigenvalue weighted by molar-refractivity contribution is 7.14. The van der Waals surface area contributed by atoms with Gasteiger partial charge in [0.2, 0.25) is 5.91 Å². The number of aromatic nitrogens is 1. The molecule has 1 fully saturated rings. The first kappa shape index (κ1) is 19.8. The third-order valence-corrected chi connectivity index (χ3v) is 5.53. The number of morpholine rings is 1. The van der Waals surface area contributed by atoms with Crippen LogP contribution in [0, 0.1) is 0 Å². The molecule has 1 aromatic heterocycles. The lowest BCUT2D eigenvalue weighted by Crippen LogP contribution is -2.45. The molecular weight excluding hydrogens is 358 g/mol. The molecule has 2 aromatic rings. The van der Waals surface area contributed by atoms with Gasteiger partial charge in [-0.1, -0.05) is 31.9 Å². The van der Waals surface area contributed by atoms with Crippen molar-refractivity contribution in [1.82, 2.24) is 4.98 Å². The van der Waals surface area contributed by atoms with Gasteiger partial charge in [-0.2, -0.15) is 0 Å². The molecule has 0 bridgehead atoms. The topological polar surface area (TPSA) is 54.5 Å². The van der Waals surface area contributed by atoms with Crippen LogP contribution >= 0.6 is 11.3 Å². The van der Waals surface area contributed by atoms with Crippen LogP contribution in [0.2, 0.25) is 0 Å². The Bertz CT molecular complexity index is 751. The van der Waals surface area contributed by atoms with Crippen molar-refractivity contribution in [3.8, 4) is 11.3 Å². The molecule has 1 aliphatic rings. The lowest BCUT2D eigenvalue weighted by atomic mass is 10.1. The van der Waals surface area contributed by atoms with Crippen molar-refractivity contribution < 1.29 is 9.53 Å². The van der Waals surface area contributed by atoms with E-state index in [0.717, 1.165) is 54.4 Å². The fourth-order valence-corrected chi connectivity index (χ4v) is 4.25. The quantitative estimate of drug-likeness (QED) is 0.684. The summed E-state index contributed by atoms with van der Waals surface area (Å²) in [5.41, 5.74) is 2.80. The zero-order chi connectivity index (χ0) is 19.2. The summed E-state index contributed by atoms with van der Waals surface area (Å²) in [6, 6.07) is 7.94. The fourth-order valence-electron chi connectivity index (χ4n) is 3.39. The first-order valence-electron chi connectivity index (χ1n) is 9.81. The van der Waals surface area contributed by atoms with Gasteiger partial charge in [-0.3, -0.25) is 4.79 Å². The Kier molecular flexibility index (Phi) is 6.85. The number of carbonyl (C=O) groups excluding carboxylic acids is 1. The van der Waals surface area contributed by atoms with Crippen molar-refractivity contribution >= 4 is 28.1 Å². The molecule has 0 spiro atoms. The average molecular weight is 388 g/mol. The fraction of sp³-hybridized carbons (Fsp3) is 0.524. The van der Waals surface area contributed by atoms with Gasteiger partial charge in [0.1, 0.15) is 0 Å². The molecule has 1 aliphatic heterocycles. The monoisotopic (exact) mass is 387 g/mol. The number of unbranched alkanes of at least 4 members (excludes halogenated alkanes) is 2. The molecule has 1 aromatic carbocycles. The number of hydrogen-bond donors (Lipinski definition) is 1. The summed E-state index contributed by atoms with van der Waals surface area (Å²) >= 11 is 1.66. The Hall–Kier alpha value is -1.92. The largest absolute Gasteiger partial charge is 0.372 e. The van der Waals surface area contributed by atoms with Crippen LogP contribution in [0.5, 0.6) is 0 Å². The van der Waals surface area contributed by atoms with Crippen LogP contribution in [0.3, 0.4) is 0 Å². The second-order valence-electron chi connectivity index (χ2n) is 7.26.